The van der Waals surface area contributed by atoms with Crippen LogP contribution in [0.5, 0.6) is 0 Å². The Morgan fingerprint density at radius 3 is 2.33 bits per heavy atom. The van der Waals surface area contributed by atoms with E-state index in [4.69, 9.17) is 0 Å². The maximum Gasteiger partial charge on any atom is 0.0532 e. The number of H-pyrrole nitrogens is 1. The van der Waals surface area contributed by atoms with Gasteiger partial charge in [0.25, 0.3) is 0 Å². The average Bonchev–Trinajstić information content (AvgIpc) is 2.84. The van der Waals surface area contributed by atoms with Gasteiger partial charge in [0.15, 0.2) is 0 Å². The van der Waals surface area contributed by atoms with Gasteiger partial charge in [0.05, 0.1) is 6.20 Å². The molecule has 1 heterocycles. The molecule has 0 aliphatic heterocycles. The highest BCUT2D eigenvalue weighted by Gasteiger charge is 1.99. The van der Waals surface area contributed by atoms with Crippen LogP contribution >= 0.6 is 0 Å². The Bertz CT molecular complexity index is 443. The summed E-state index contributed by atoms with van der Waals surface area (Å²) in [5, 5.41) is 10.1. The van der Waals surface area contributed by atoms with Crippen molar-refractivity contribution >= 4 is 0 Å². The summed E-state index contributed by atoms with van der Waals surface area (Å²) in [4.78, 5) is 0. The third-order valence-electron chi connectivity index (χ3n) is 2.88. The molecule has 0 atom stereocenters. The van der Waals surface area contributed by atoms with Crippen LogP contribution in [0.25, 0.3) is 0 Å². The van der Waals surface area contributed by atoms with Crippen LogP contribution in [0, 0.1) is 5.92 Å². The molecule has 0 saturated carbocycles. The first-order valence-corrected chi connectivity index (χ1v) is 6.50. The fraction of sp³-hybridized carbons (Fsp3) is 0.400. The van der Waals surface area contributed by atoms with Gasteiger partial charge in [0, 0.05) is 24.8 Å². The Morgan fingerprint density at radius 2 is 1.72 bits per heavy atom. The predicted molar refractivity (Wildman–Crippen MR) is 74.1 cm³/mol. The maximum absolute atomic E-state index is 3.92. The second kappa shape index (κ2) is 6.36. The average molecular weight is 243 g/mol. The molecule has 0 aliphatic carbocycles. The first-order valence-electron chi connectivity index (χ1n) is 6.50. The number of rotatable bonds is 6. The number of nitrogens with one attached hydrogen (secondary N) is 2. The molecule has 3 heteroatoms. The lowest BCUT2D eigenvalue weighted by molar-refractivity contribution is 0.646. The van der Waals surface area contributed by atoms with Gasteiger partial charge in [-0.3, -0.25) is 5.10 Å². The van der Waals surface area contributed by atoms with Crippen molar-refractivity contribution in [2.75, 3.05) is 0 Å². The fourth-order valence-electron chi connectivity index (χ4n) is 1.99. The second-order valence-corrected chi connectivity index (χ2v) is 5.12. The Balaban J connectivity index is 1.79. The smallest absolute Gasteiger partial charge is 0.0532 e. The van der Waals surface area contributed by atoms with E-state index in [2.05, 4.69) is 53.6 Å². The van der Waals surface area contributed by atoms with Crippen LogP contribution in [-0.2, 0) is 19.5 Å². The van der Waals surface area contributed by atoms with Crippen LogP contribution in [0.1, 0.15) is 30.5 Å². The molecule has 96 valence electrons. The van der Waals surface area contributed by atoms with Crippen molar-refractivity contribution in [3.63, 3.8) is 0 Å². The summed E-state index contributed by atoms with van der Waals surface area (Å²) in [5.74, 6) is 0.718. The number of benzene rings is 1. The molecule has 3 nitrogen and oxygen atoms in total. The summed E-state index contributed by atoms with van der Waals surface area (Å²) in [6, 6.07) is 8.88. The first-order chi connectivity index (χ1) is 8.74. The largest absolute Gasteiger partial charge is 0.309 e. The molecule has 0 aliphatic rings. The Morgan fingerprint density at radius 1 is 1.06 bits per heavy atom. The lowest BCUT2D eigenvalue weighted by atomic mass is 10.0. The summed E-state index contributed by atoms with van der Waals surface area (Å²) < 4.78 is 0. The zero-order chi connectivity index (χ0) is 12.8. The van der Waals surface area contributed by atoms with Gasteiger partial charge in [-0.25, -0.2) is 0 Å². The first kappa shape index (κ1) is 12.8. The molecular weight excluding hydrogens is 222 g/mol. The van der Waals surface area contributed by atoms with E-state index < -0.39 is 0 Å². The van der Waals surface area contributed by atoms with Crippen molar-refractivity contribution < 1.29 is 0 Å². The quantitative estimate of drug-likeness (QED) is 0.819. The van der Waals surface area contributed by atoms with Crippen molar-refractivity contribution in [1.82, 2.24) is 15.5 Å². The summed E-state index contributed by atoms with van der Waals surface area (Å²) >= 11 is 0. The summed E-state index contributed by atoms with van der Waals surface area (Å²) in [5.41, 5.74) is 3.93. The monoisotopic (exact) mass is 243 g/mol. The Labute approximate surface area is 109 Å². The van der Waals surface area contributed by atoms with Crippen LogP contribution in [0.4, 0.5) is 0 Å². The lowest BCUT2D eigenvalue weighted by Crippen LogP contribution is -2.12. The van der Waals surface area contributed by atoms with E-state index >= 15 is 0 Å². The predicted octanol–water partition coefficient (Wildman–Crippen LogP) is 2.90. The summed E-state index contributed by atoms with van der Waals surface area (Å²) in [6.45, 7) is 6.25. The zero-order valence-corrected chi connectivity index (χ0v) is 11.1. The minimum atomic E-state index is 0.718. The van der Waals surface area contributed by atoms with E-state index in [0.717, 1.165) is 25.4 Å². The minimum absolute atomic E-state index is 0.718. The van der Waals surface area contributed by atoms with Crippen molar-refractivity contribution in [2.24, 2.45) is 5.92 Å². The van der Waals surface area contributed by atoms with Crippen molar-refractivity contribution in [1.29, 1.82) is 0 Å². The molecule has 2 rings (SSSR count). The number of nitrogens with zero attached hydrogens (tertiary/aromatic N) is 1. The van der Waals surface area contributed by atoms with Crippen LogP contribution in [0.3, 0.4) is 0 Å². The topological polar surface area (TPSA) is 40.7 Å². The SMILES string of the molecule is CC(C)Cc1ccc(CNCc2cn[nH]c2)cc1. The van der Waals surface area contributed by atoms with Gasteiger partial charge in [-0.1, -0.05) is 38.1 Å². The van der Waals surface area contributed by atoms with Gasteiger partial charge in [-0.05, 0) is 23.5 Å². The van der Waals surface area contributed by atoms with E-state index in [1.807, 2.05) is 12.4 Å². The van der Waals surface area contributed by atoms with E-state index in [0.29, 0.717) is 0 Å². The zero-order valence-electron chi connectivity index (χ0n) is 11.1. The molecule has 0 bridgehead atoms. The number of aromatic amines is 1. The Kier molecular flexibility index (Phi) is 4.53. The summed E-state index contributed by atoms with van der Waals surface area (Å²) in [6.07, 6.45) is 4.92. The highest BCUT2D eigenvalue weighted by molar-refractivity contribution is 5.22. The highest BCUT2D eigenvalue weighted by atomic mass is 15.1. The molecule has 1 aromatic heterocycles. The van der Waals surface area contributed by atoms with Crippen LogP contribution in [0.15, 0.2) is 36.7 Å². The third-order valence-corrected chi connectivity index (χ3v) is 2.88. The number of hydrogen-bond acceptors (Lipinski definition) is 2. The van der Waals surface area contributed by atoms with Gasteiger partial charge in [-0.15, -0.1) is 0 Å². The molecule has 0 fully saturated rings. The van der Waals surface area contributed by atoms with E-state index in [-0.39, 0.29) is 0 Å². The molecule has 0 spiro atoms. The van der Waals surface area contributed by atoms with Crippen LogP contribution in [0.2, 0.25) is 0 Å². The molecule has 2 N–H and O–H groups in total. The van der Waals surface area contributed by atoms with Crippen molar-refractivity contribution in [3.05, 3.63) is 53.3 Å². The Hall–Kier alpha value is -1.61. The molecule has 18 heavy (non-hydrogen) atoms. The van der Waals surface area contributed by atoms with Crippen molar-refractivity contribution in [3.8, 4) is 0 Å². The minimum Gasteiger partial charge on any atom is -0.309 e. The van der Waals surface area contributed by atoms with Gasteiger partial charge in [-0.2, -0.15) is 5.10 Å². The van der Waals surface area contributed by atoms with Crippen molar-refractivity contribution in [2.45, 2.75) is 33.4 Å². The maximum atomic E-state index is 3.92. The molecule has 0 unspecified atom stereocenters. The normalized spacial score (nSPS) is 11.1. The van der Waals surface area contributed by atoms with Gasteiger partial charge < -0.3 is 5.32 Å². The summed E-state index contributed by atoms with van der Waals surface area (Å²) in [7, 11) is 0. The van der Waals surface area contributed by atoms with Gasteiger partial charge in [0.2, 0.25) is 0 Å². The lowest BCUT2D eigenvalue weighted by Gasteiger charge is -2.07. The molecule has 1 aromatic carbocycles. The second-order valence-electron chi connectivity index (χ2n) is 5.12. The standard InChI is InChI=1S/C15H21N3/c1-12(2)7-13-3-5-14(6-4-13)8-16-9-15-10-17-18-11-15/h3-6,10-12,16H,7-9H2,1-2H3,(H,17,18). The molecule has 2 aromatic rings. The highest BCUT2D eigenvalue weighted by Crippen LogP contribution is 2.09. The molecule has 0 radical (unpaired) electrons. The van der Waals surface area contributed by atoms with E-state index in [1.165, 1.54) is 16.7 Å². The molecular formula is C15H21N3. The fourth-order valence-corrected chi connectivity index (χ4v) is 1.99. The number of aromatic nitrogens is 2. The molecule has 0 saturated heterocycles. The van der Waals surface area contributed by atoms with Gasteiger partial charge >= 0.3 is 0 Å². The van der Waals surface area contributed by atoms with Crippen LogP contribution in [-0.4, -0.2) is 10.2 Å². The molecule has 0 amide bonds. The van der Waals surface area contributed by atoms with E-state index in [9.17, 15) is 0 Å². The van der Waals surface area contributed by atoms with Gasteiger partial charge in [0.1, 0.15) is 0 Å². The van der Waals surface area contributed by atoms with Crippen LogP contribution < -0.4 is 5.32 Å². The van der Waals surface area contributed by atoms with E-state index in [1.54, 1.807) is 0 Å². The number of hydrogen-bond donors (Lipinski definition) is 2. The third kappa shape index (κ3) is 4.00.